The Hall–Kier alpha value is -0.830. The van der Waals surface area contributed by atoms with Crippen molar-refractivity contribution in [3.8, 4) is 0 Å². The number of piperidine rings is 1. The first-order chi connectivity index (χ1) is 12.6. The van der Waals surface area contributed by atoms with Crippen LogP contribution < -0.4 is 10.6 Å². The van der Waals surface area contributed by atoms with Crippen molar-refractivity contribution >= 4 is 29.9 Å². The van der Waals surface area contributed by atoms with Crippen LogP contribution in [0.2, 0.25) is 0 Å². The summed E-state index contributed by atoms with van der Waals surface area (Å²) in [5, 5.41) is 7.02. The predicted octanol–water partition coefficient (Wildman–Crippen LogP) is 3.48. The molecule has 0 aromatic carbocycles. The van der Waals surface area contributed by atoms with Crippen LogP contribution >= 0.6 is 24.0 Å². The first kappa shape index (κ1) is 24.2. The number of likely N-dealkylation sites (tertiary alicyclic amines) is 1. The Morgan fingerprint density at radius 3 is 2.67 bits per heavy atom. The van der Waals surface area contributed by atoms with Gasteiger partial charge in [-0.15, -0.1) is 24.0 Å². The molecule has 1 fully saturated rings. The van der Waals surface area contributed by atoms with Crippen LogP contribution in [0.3, 0.4) is 0 Å². The molecule has 0 aliphatic carbocycles. The first-order valence-corrected chi connectivity index (χ1v) is 10.4. The summed E-state index contributed by atoms with van der Waals surface area (Å²) in [6, 6.07) is 0.515. The van der Waals surface area contributed by atoms with Gasteiger partial charge in [-0.3, -0.25) is 0 Å². The lowest BCUT2D eigenvalue weighted by Crippen LogP contribution is -2.48. The summed E-state index contributed by atoms with van der Waals surface area (Å²) in [7, 11) is 0. The minimum absolute atomic E-state index is 0. The summed E-state index contributed by atoms with van der Waals surface area (Å²) in [5.74, 6) is 2.56. The SMILES string of the molecule is CCCCN1CCC(NC(=NCc2nccn2CC(C)C)NCC)CC1.I. The van der Waals surface area contributed by atoms with Crippen LogP contribution in [0.15, 0.2) is 17.4 Å². The van der Waals surface area contributed by atoms with Gasteiger partial charge in [-0.05, 0) is 38.6 Å². The highest BCUT2D eigenvalue weighted by atomic mass is 127. The van der Waals surface area contributed by atoms with Crippen LogP contribution in [-0.4, -0.2) is 52.6 Å². The van der Waals surface area contributed by atoms with Crippen LogP contribution in [0.4, 0.5) is 0 Å². The molecule has 2 N–H and O–H groups in total. The van der Waals surface area contributed by atoms with E-state index in [9.17, 15) is 0 Å². The number of aliphatic imine (C=N–C) groups is 1. The number of aromatic nitrogens is 2. The quantitative estimate of drug-likeness (QED) is 0.316. The summed E-state index contributed by atoms with van der Waals surface area (Å²) in [4.78, 5) is 11.9. The molecule has 27 heavy (non-hydrogen) atoms. The molecule has 0 spiro atoms. The fraction of sp³-hybridized carbons (Fsp3) is 0.800. The number of unbranched alkanes of at least 4 members (excludes halogenated alkanes) is 1. The number of imidazole rings is 1. The van der Waals surface area contributed by atoms with Crippen molar-refractivity contribution in [1.29, 1.82) is 0 Å². The molecule has 6 nitrogen and oxygen atoms in total. The van der Waals surface area contributed by atoms with Gasteiger partial charge in [0.05, 0.1) is 0 Å². The Morgan fingerprint density at radius 1 is 1.30 bits per heavy atom. The summed E-state index contributed by atoms with van der Waals surface area (Å²) in [5.41, 5.74) is 0. The molecule has 0 unspecified atom stereocenters. The van der Waals surface area contributed by atoms with Gasteiger partial charge in [0.2, 0.25) is 0 Å². The molecule has 1 aliphatic heterocycles. The minimum atomic E-state index is 0. The van der Waals surface area contributed by atoms with E-state index in [0.29, 0.717) is 18.5 Å². The van der Waals surface area contributed by atoms with Gasteiger partial charge in [0, 0.05) is 44.6 Å². The predicted molar refractivity (Wildman–Crippen MR) is 125 cm³/mol. The fourth-order valence-electron chi connectivity index (χ4n) is 3.40. The van der Waals surface area contributed by atoms with Crippen molar-refractivity contribution in [2.45, 2.75) is 72.5 Å². The highest BCUT2D eigenvalue weighted by Crippen LogP contribution is 2.11. The molecule has 0 amide bonds. The third-order valence-electron chi connectivity index (χ3n) is 4.84. The standard InChI is InChI=1S/C20H38N6.HI/c1-5-7-11-25-12-8-18(9-13-25)24-20(21-6-2)23-15-19-22-10-14-26(19)16-17(3)4;/h10,14,17-18H,5-9,11-13,15-16H2,1-4H3,(H2,21,23,24);1H. The van der Waals surface area contributed by atoms with Crippen molar-refractivity contribution < 1.29 is 0 Å². The van der Waals surface area contributed by atoms with Gasteiger partial charge in [-0.1, -0.05) is 27.2 Å². The number of hydrogen-bond acceptors (Lipinski definition) is 3. The molecule has 0 atom stereocenters. The van der Waals surface area contributed by atoms with Crippen molar-refractivity contribution in [2.24, 2.45) is 10.9 Å². The Labute approximate surface area is 182 Å². The molecule has 0 bridgehead atoms. The number of nitrogens with one attached hydrogen (secondary N) is 2. The largest absolute Gasteiger partial charge is 0.357 e. The van der Waals surface area contributed by atoms with Crippen molar-refractivity contribution in [3.05, 3.63) is 18.2 Å². The van der Waals surface area contributed by atoms with Crippen molar-refractivity contribution in [2.75, 3.05) is 26.2 Å². The minimum Gasteiger partial charge on any atom is -0.357 e. The summed E-state index contributed by atoms with van der Waals surface area (Å²) in [6.45, 7) is 14.9. The van der Waals surface area contributed by atoms with E-state index in [1.54, 1.807) is 0 Å². The maximum atomic E-state index is 4.78. The zero-order valence-corrected chi connectivity index (χ0v) is 19.9. The Bertz CT molecular complexity index is 534. The number of hydrogen-bond donors (Lipinski definition) is 2. The molecule has 156 valence electrons. The molecular weight excluding hydrogens is 451 g/mol. The number of rotatable bonds is 9. The molecule has 2 rings (SSSR count). The van der Waals surface area contributed by atoms with Gasteiger partial charge < -0.3 is 20.1 Å². The van der Waals surface area contributed by atoms with Crippen molar-refractivity contribution in [3.63, 3.8) is 0 Å². The highest BCUT2D eigenvalue weighted by molar-refractivity contribution is 14.0. The Kier molecular flexibility index (Phi) is 12.0. The molecule has 2 heterocycles. The molecule has 1 aromatic rings. The van der Waals surface area contributed by atoms with Gasteiger partial charge >= 0.3 is 0 Å². The van der Waals surface area contributed by atoms with Gasteiger partial charge in [0.25, 0.3) is 0 Å². The van der Waals surface area contributed by atoms with E-state index in [0.717, 1.165) is 24.9 Å². The second-order valence-electron chi connectivity index (χ2n) is 7.70. The van der Waals surface area contributed by atoms with E-state index < -0.39 is 0 Å². The van der Waals surface area contributed by atoms with Crippen LogP contribution in [0.25, 0.3) is 0 Å². The Morgan fingerprint density at radius 2 is 2.04 bits per heavy atom. The first-order valence-electron chi connectivity index (χ1n) is 10.4. The third kappa shape index (κ3) is 8.81. The molecule has 1 aromatic heterocycles. The second kappa shape index (κ2) is 13.4. The van der Waals surface area contributed by atoms with E-state index >= 15 is 0 Å². The van der Waals surface area contributed by atoms with Gasteiger partial charge in [-0.2, -0.15) is 0 Å². The third-order valence-corrected chi connectivity index (χ3v) is 4.84. The molecule has 7 heteroatoms. The monoisotopic (exact) mass is 490 g/mol. The molecule has 0 radical (unpaired) electrons. The average Bonchev–Trinajstić information content (AvgIpc) is 3.05. The van der Waals surface area contributed by atoms with E-state index in [4.69, 9.17) is 4.99 Å². The topological polar surface area (TPSA) is 57.5 Å². The summed E-state index contributed by atoms with van der Waals surface area (Å²) >= 11 is 0. The fourth-order valence-corrected chi connectivity index (χ4v) is 3.40. The van der Waals surface area contributed by atoms with Crippen LogP contribution in [0.1, 0.15) is 59.2 Å². The maximum absolute atomic E-state index is 4.78. The van der Waals surface area contributed by atoms with E-state index in [-0.39, 0.29) is 24.0 Å². The number of halogens is 1. The lowest BCUT2D eigenvalue weighted by molar-refractivity contribution is 0.203. The van der Waals surface area contributed by atoms with Crippen LogP contribution in [-0.2, 0) is 13.1 Å². The van der Waals surface area contributed by atoms with Gasteiger partial charge in [0.15, 0.2) is 5.96 Å². The molecular formula is C20H39IN6. The molecule has 1 aliphatic rings. The lowest BCUT2D eigenvalue weighted by Gasteiger charge is -2.33. The highest BCUT2D eigenvalue weighted by Gasteiger charge is 2.19. The number of nitrogens with zero attached hydrogens (tertiary/aromatic N) is 4. The second-order valence-corrected chi connectivity index (χ2v) is 7.70. The average molecular weight is 490 g/mol. The van der Waals surface area contributed by atoms with E-state index in [2.05, 4.69) is 59.0 Å². The van der Waals surface area contributed by atoms with Gasteiger partial charge in [-0.25, -0.2) is 9.98 Å². The Balaban J connectivity index is 0.00000364. The normalized spacial score (nSPS) is 16.4. The summed E-state index contributed by atoms with van der Waals surface area (Å²) < 4.78 is 2.21. The lowest BCUT2D eigenvalue weighted by atomic mass is 10.0. The maximum Gasteiger partial charge on any atom is 0.191 e. The van der Waals surface area contributed by atoms with E-state index in [1.807, 2.05) is 6.20 Å². The van der Waals surface area contributed by atoms with Crippen molar-refractivity contribution in [1.82, 2.24) is 25.1 Å². The molecule has 1 saturated heterocycles. The van der Waals surface area contributed by atoms with Crippen LogP contribution in [0.5, 0.6) is 0 Å². The molecule has 0 saturated carbocycles. The summed E-state index contributed by atoms with van der Waals surface area (Å²) in [6.07, 6.45) is 8.90. The zero-order valence-electron chi connectivity index (χ0n) is 17.6. The van der Waals surface area contributed by atoms with E-state index in [1.165, 1.54) is 45.3 Å². The number of guanidine groups is 1. The van der Waals surface area contributed by atoms with Gasteiger partial charge in [0.1, 0.15) is 12.4 Å². The zero-order chi connectivity index (χ0) is 18.8. The smallest absolute Gasteiger partial charge is 0.191 e. The van der Waals surface area contributed by atoms with Crippen LogP contribution in [0, 0.1) is 5.92 Å².